The molecule has 0 aliphatic carbocycles. The van der Waals surface area contributed by atoms with Gasteiger partial charge in [0.2, 0.25) is 0 Å². The van der Waals surface area contributed by atoms with E-state index in [0.717, 1.165) is 40.5 Å². The maximum Gasteiger partial charge on any atom is 0.330 e. The molecule has 0 amide bonds. The SMILES string of the molecule is COc1c(Br)cccc1[B]O.Nc1cc2c(Br)ncnc2cc1OC1CCOC1. The van der Waals surface area contributed by atoms with Crippen LogP contribution in [-0.4, -0.2) is 48.9 Å². The lowest BCUT2D eigenvalue weighted by atomic mass is 9.88. The van der Waals surface area contributed by atoms with Crippen LogP contribution in [0.4, 0.5) is 5.69 Å². The first kappa shape index (κ1) is 21.8. The molecule has 1 radical (unpaired) electrons. The lowest BCUT2D eigenvalue weighted by Gasteiger charge is -2.14. The van der Waals surface area contributed by atoms with Gasteiger partial charge in [0.25, 0.3) is 0 Å². The lowest BCUT2D eigenvalue weighted by molar-refractivity contribution is 0.142. The molecule has 7 nitrogen and oxygen atoms in total. The number of nitrogen functional groups attached to an aromatic ring is 1. The van der Waals surface area contributed by atoms with E-state index in [1.54, 1.807) is 13.2 Å². The molecule has 1 aromatic heterocycles. The van der Waals surface area contributed by atoms with Gasteiger partial charge in [-0.05, 0) is 49.5 Å². The summed E-state index contributed by atoms with van der Waals surface area (Å²) in [6.07, 6.45) is 2.48. The summed E-state index contributed by atoms with van der Waals surface area (Å²) in [6.45, 7) is 1.36. The second-order valence-electron chi connectivity index (χ2n) is 6.17. The van der Waals surface area contributed by atoms with Crippen molar-refractivity contribution >= 4 is 61.4 Å². The third-order valence-electron chi connectivity index (χ3n) is 4.24. The number of nitrogens with two attached hydrogens (primary N) is 1. The van der Waals surface area contributed by atoms with Crippen LogP contribution in [0.25, 0.3) is 10.9 Å². The largest absolute Gasteiger partial charge is 0.496 e. The predicted octanol–water partition coefficient (Wildman–Crippen LogP) is 2.84. The van der Waals surface area contributed by atoms with Crippen LogP contribution in [0.1, 0.15) is 6.42 Å². The van der Waals surface area contributed by atoms with Crippen LogP contribution in [0.5, 0.6) is 11.5 Å². The van der Waals surface area contributed by atoms with Gasteiger partial charge in [-0.3, -0.25) is 0 Å². The molecule has 2 aromatic carbocycles. The highest BCUT2D eigenvalue weighted by atomic mass is 79.9. The molecule has 1 aliphatic heterocycles. The number of fused-ring (bicyclic) bond motifs is 1. The maximum absolute atomic E-state index is 8.75. The van der Waals surface area contributed by atoms with E-state index in [2.05, 4.69) is 41.8 Å². The Balaban J connectivity index is 0.000000188. The van der Waals surface area contributed by atoms with E-state index in [1.165, 1.54) is 6.33 Å². The first-order valence-corrected chi connectivity index (χ1v) is 10.4. The van der Waals surface area contributed by atoms with Crippen molar-refractivity contribution in [1.29, 1.82) is 0 Å². The summed E-state index contributed by atoms with van der Waals surface area (Å²) >= 11 is 6.67. The Hall–Kier alpha value is -1.88. The number of rotatable bonds is 4. The molecule has 3 aromatic rings. The van der Waals surface area contributed by atoms with E-state index in [4.69, 9.17) is 25.0 Å². The van der Waals surface area contributed by atoms with Crippen LogP contribution in [0, 0.1) is 0 Å². The van der Waals surface area contributed by atoms with Crippen LogP contribution in [-0.2, 0) is 4.74 Å². The van der Waals surface area contributed by atoms with Crippen LogP contribution in [0.15, 0.2) is 45.7 Å². The number of hydrogen-bond acceptors (Lipinski definition) is 7. The van der Waals surface area contributed by atoms with Crippen molar-refractivity contribution in [2.45, 2.75) is 12.5 Å². The molecule has 4 rings (SSSR count). The molecule has 0 spiro atoms. The number of hydrogen-bond donors (Lipinski definition) is 2. The summed E-state index contributed by atoms with van der Waals surface area (Å²) < 4.78 is 17.7. The van der Waals surface area contributed by atoms with Crippen molar-refractivity contribution < 1.29 is 19.2 Å². The Morgan fingerprint density at radius 3 is 2.76 bits per heavy atom. The van der Waals surface area contributed by atoms with Gasteiger partial charge in [0, 0.05) is 17.9 Å². The smallest absolute Gasteiger partial charge is 0.330 e. The first-order valence-electron chi connectivity index (χ1n) is 8.77. The highest BCUT2D eigenvalue weighted by Crippen LogP contribution is 2.31. The average molecular weight is 524 g/mol. The Morgan fingerprint density at radius 2 is 2.10 bits per heavy atom. The molecule has 2 heterocycles. The summed E-state index contributed by atoms with van der Waals surface area (Å²) in [4.78, 5) is 8.28. The number of benzene rings is 2. The molecule has 1 saturated heterocycles. The minimum absolute atomic E-state index is 0.0787. The van der Waals surface area contributed by atoms with E-state index in [9.17, 15) is 0 Å². The molecule has 29 heavy (non-hydrogen) atoms. The fourth-order valence-electron chi connectivity index (χ4n) is 2.80. The number of aromatic nitrogens is 2. The minimum Gasteiger partial charge on any atom is -0.496 e. The number of anilines is 1. The van der Waals surface area contributed by atoms with Crippen LogP contribution >= 0.6 is 31.9 Å². The lowest BCUT2D eigenvalue weighted by Crippen LogP contribution is -2.16. The van der Waals surface area contributed by atoms with Crippen molar-refractivity contribution in [3.63, 3.8) is 0 Å². The van der Waals surface area contributed by atoms with Gasteiger partial charge < -0.3 is 25.0 Å². The van der Waals surface area contributed by atoms with Gasteiger partial charge >= 0.3 is 7.48 Å². The molecule has 0 bridgehead atoms. The summed E-state index contributed by atoms with van der Waals surface area (Å²) in [6, 6.07) is 9.12. The van der Waals surface area contributed by atoms with Crippen molar-refractivity contribution in [3.8, 4) is 11.5 Å². The second-order valence-corrected chi connectivity index (χ2v) is 7.77. The zero-order valence-electron chi connectivity index (χ0n) is 15.6. The van der Waals surface area contributed by atoms with E-state index in [1.807, 2.05) is 24.3 Å². The third-order valence-corrected chi connectivity index (χ3v) is 5.50. The molecule has 10 heteroatoms. The second kappa shape index (κ2) is 10.2. The fourth-order valence-corrected chi connectivity index (χ4v) is 3.75. The van der Waals surface area contributed by atoms with Crippen LogP contribution < -0.4 is 20.7 Å². The summed E-state index contributed by atoms with van der Waals surface area (Å²) in [5.74, 6) is 1.30. The summed E-state index contributed by atoms with van der Waals surface area (Å²) in [5, 5.41) is 9.63. The molecule has 1 aliphatic rings. The van der Waals surface area contributed by atoms with Crippen molar-refractivity contribution in [2.24, 2.45) is 0 Å². The zero-order chi connectivity index (χ0) is 20.8. The highest BCUT2D eigenvalue weighted by Gasteiger charge is 2.19. The molecular formula is C19H19BBr2N3O4. The number of para-hydroxylation sites is 1. The number of methoxy groups -OCH3 is 1. The van der Waals surface area contributed by atoms with E-state index >= 15 is 0 Å². The summed E-state index contributed by atoms with van der Waals surface area (Å²) in [5.41, 5.74) is 8.05. The molecule has 151 valence electrons. The predicted molar refractivity (Wildman–Crippen MR) is 120 cm³/mol. The Morgan fingerprint density at radius 1 is 1.28 bits per heavy atom. The van der Waals surface area contributed by atoms with Crippen molar-refractivity contribution in [3.05, 3.63) is 45.7 Å². The first-order chi connectivity index (χ1) is 14.0. The molecule has 1 unspecified atom stereocenters. The monoisotopic (exact) mass is 522 g/mol. The molecule has 0 saturated carbocycles. The van der Waals surface area contributed by atoms with E-state index in [-0.39, 0.29) is 6.10 Å². The number of ether oxygens (including phenoxy) is 3. The molecular weight excluding hydrogens is 505 g/mol. The maximum atomic E-state index is 8.75. The number of halogens is 2. The Bertz CT molecular complexity index is 987. The highest BCUT2D eigenvalue weighted by molar-refractivity contribution is 9.10. The zero-order valence-corrected chi connectivity index (χ0v) is 18.8. The van der Waals surface area contributed by atoms with Gasteiger partial charge in [0.05, 0.1) is 36.0 Å². The average Bonchev–Trinajstić information content (AvgIpc) is 3.23. The topological polar surface area (TPSA) is 99.7 Å². The Kier molecular flexibility index (Phi) is 7.71. The molecule has 1 fully saturated rings. The molecule has 3 N–H and O–H groups in total. The molecule has 1 atom stereocenters. The van der Waals surface area contributed by atoms with E-state index < -0.39 is 0 Å². The van der Waals surface area contributed by atoms with Crippen molar-refractivity contribution in [1.82, 2.24) is 9.97 Å². The quantitative estimate of drug-likeness (QED) is 0.308. The fraction of sp³-hybridized carbons (Fsp3) is 0.263. The number of nitrogens with zero attached hydrogens (tertiary/aromatic N) is 2. The van der Waals surface area contributed by atoms with Gasteiger partial charge in [-0.2, -0.15) is 0 Å². The van der Waals surface area contributed by atoms with Gasteiger partial charge in [-0.15, -0.1) is 0 Å². The van der Waals surface area contributed by atoms with Gasteiger partial charge in [-0.1, -0.05) is 12.1 Å². The van der Waals surface area contributed by atoms with Gasteiger partial charge in [0.15, 0.2) is 0 Å². The van der Waals surface area contributed by atoms with Crippen LogP contribution in [0.2, 0.25) is 0 Å². The Labute approximate surface area is 186 Å². The minimum atomic E-state index is 0.0787. The van der Waals surface area contributed by atoms with Gasteiger partial charge in [-0.25, -0.2) is 9.97 Å². The summed E-state index contributed by atoms with van der Waals surface area (Å²) in [7, 11) is 2.58. The standard InChI is InChI=1S/C12H12BrN3O2.C7H7BBrO2/c13-12-8-3-9(14)11(4-10(8)15-6-16-12)18-7-1-2-17-5-7;1-11-7-5(8-10)3-2-4-6(7)9/h3-4,6-7H,1-2,5,14H2;2-4,10H,1H3. The third kappa shape index (κ3) is 5.39. The van der Waals surface area contributed by atoms with Gasteiger partial charge in [0.1, 0.15) is 28.5 Å². The van der Waals surface area contributed by atoms with Crippen LogP contribution in [0.3, 0.4) is 0 Å². The van der Waals surface area contributed by atoms with E-state index in [0.29, 0.717) is 29.3 Å². The normalized spacial score (nSPS) is 15.5. The van der Waals surface area contributed by atoms with Crippen molar-refractivity contribution in [2.75, 3.05) is 26.1 Å².